The normalized spacial score (nSPS) is 20.9. The molecule has 200 valence electrons. The lowest BCUT2D eigenvalue weighted by Gasteiger charge is -2.30. The highest BCUT2D eigenvalue weighted by molar-refractivity contribution is 6.09. The van der Waals surface area contributed by atoms with Gasteiger partial charge in [-0.05, 0) is 64.7 Å². The van der Waals surface area contributed by atoms with Gasteiger partial charge in [0.15, 0.2) is 17.4 Å². The third kappa shape index (κ3) is 5.78. The van der Waals surface area contributed by atoms with Crippen LogP contribution in [0, 0.1) is 24.5 Å². The Hall–Kier alpha value is -3.98. The molecule has 0 aliphatic carbocycles. The molecule has 2 heterocycles. The Labute approximate surface area is 221 Å². The highest BCUT2D eigenvalue weighted by Gasteiger charge is 2.29. The Morgan fingerprint density at radius 1 is 1.18 bits per heavy atom. The highest BCUT2D eigenvalue weighted by atomic mass is 19.1. The van der Waals surface area contributed by atoms with Gasteiger partial charge in [-0.3, -0.25) is 4.79 Å². The minimum Gasteiger partial charge on any atom is -0.458 e. The Kier molecular flexibility index (Phi) is 7.97. The molecule has 9 heteroatoms. The quantitative estimate of drug-likeness (QED) is 0.353. The summed E-state index contributed by atoms with van der Waals surface area (Å²) in [5.41, 5.74) is 2.91. The summed E-state index contributed by atoms with van der Waals surface area (Å²) in [5, 5.41) is 6.25. The number of rotatable bonds is 6. The lowest BCUT2D eigenvalue weighted by molar-refractivity contribution is -0.114. The van der Waals surface area contributed by atoms with E-state index in [1.807, 2.05) is 51.1 Å². The second kappa shape index (κ2) is 11.2. The van der Waals surface area contributed by atoms with Crippen molar-refractivity contribution in [1.82, 2.24) is 9.88 Å². The number of benzene rings is 2. The molecule has 1 amide bonds. The minimum absolute atomic E-state index is 0.114. The fourth-order valence-corrected chi connectivity index (χ4v) is 4.37. The van der Waals surface area contributed by atoms with E-state index in [0.717, 1.165) is 17.3 Å². The number of ether oxygens (including phenoxy) is 1. The molecule has 2 aromatic carbocycles. The van der Waals surface area contributed by atoms with Gasteiger partial charge in [-0.1, -0.05) is 13.0 Å². The summed E-state index contributed by atoms with van der Waals surface area (Å²) in [7, 11) is 3.87. The molecule has 3 N–H and O–H groups in total. The summed E-state index contributed by atoms with van der Waals surface area (Å²) in [5.74, 6) is -0.668. The number of H-pyrrole nitrogens is 1. The van der Waals surface area contributed by atoms with Crippen LogP contribution in [0.1, 0.15) is 32.9 Å². The third-order valence-electron chi connectivity index (χ3n) is 6.55. The van der Waals surface area contributed by atoms with Crippen molar-refractivity contribution in [2.75, 3.05) is 24.7 Å². The number of anilines is 2. The summed E-state index contributed by atoms with van der Waals surface area (Å²) in [6.45, 7) is 7.19. The lowest BCUT2D eigenvalue weighted by Crippen LogP contribution is -2.36. The molecule has 7 nitrogen and oxygen atoms in total. The SMILES string of the molecule is CC(=O)Nc1ccc(NC2=N/C=C/CC(C)/C(Oc3cc(F)c4[nH]c(C)cc4c3F)=C\2C(C)N(C)C)cc1. The number of amides is 1. The molecule has 0 spiro atoms. The van der Waals surface area contributed by atoms with E-state index in [9.17, 15) is 9.18 Å². The van der Waals surface area contributed by atoms with Crippen molar-refractivity contribution in [2.45, 2.75) is 40.2 Å². The number of carbonyl (C=O) groups is 1. The zero-order chi connectivity index (χ0) is 27.6. The Bertz CT molecular complexity index is 1440. The van der Waals surface area contributed by atoms with Gasteiger partial charge in [-0.25, -0.2) is 13.8 Å². The Balaban J connectivity index is 1.81. The molecule has 1 aliphatic rings. The van der Waals surface area contributed by atoms with Crippen molar-refractivity contribution in [2.24, 2.45) is 10.9 Å². The number of amidine groups is 1. The van der Waals surface area contributed by atoms with Crippen molar-refractivity contribution in [3.63, 3.8) is 0 Å². The number of allylic oxidation sites excluding steroid dienone is 2. The van der Waals surface area contributed by atoms with Crippen LogP contribution in [0.2, 0.25) is 0 Å². The van der Waals surface area contributed by atoms with E-state index >= 15 is 4.39 Å². The van der Waals surface area contributed by atoms with E-state index in [2.05, 4.69) is 20.6 Å². The summed E-state index contributed by atoms with van der Waals surface area (Å²) >= 11 is 0. The number of fused-ring (bicyclic) bond motifs is 1. The van der Waals surface area contributed by atoms with E-state index in [-0.39, 0.29) is 34.5 Å². The fraction of sp³-hybridized carbons (Fsp3) is 0.310. The van der Waals surface area contributed by atoms with Gasteiger partial charge in [0.25, 0.3) is 0 Å². The summed E-state index contributed by atoms with van der Waals surface area (Å²) < 4.78 is 36.7. The van der Waals surface area contributed by atoms with Gasteiger partial charge in [0, 0.05) is 53.6 Å². The monoisotopic (exact) mass is 521 g/mol. The van der Waals surface area contributed by atoms with Crippen LogP contribution >= 0.6 is 0 Å². The van der Waals surface area contributed by atoms with Gasteiger partial charge in [-0.15, -0.1) is 0 Å². The molecule has 1 aliphatic heterocycles. The van der Waals surface area contributed by atoms with Crippen LogP contribution < -0.4 is 15.4 Å². The largest absolute Gasteiger partial charge is 0.458 e. The summed E-state index contributed by atoms with van der Waals surface area (Å²) in [4.78, 5) is 20.9. The predicted octanol–water partition coefficient (Wildman–Crippen LogP) is 6.36. The topological polar surface area (TPSA) is 81.7 Å². The highest BCUT2D eigenvalue weighted by Crippen LogP contribution is 2.35. The molecule has 4 rings (SSSR count). The fourth-order valence-electron chi connectivity index (χ4n) is 4.37. The van der Waals surface area contributed by atoms with Crippen LogP contribution in [0.25, 0.3) is 10.9 Å². The molecule has 0 fully saturated rings. The van der Waals surface area contributed by atoms with E-state index in [1.54, 1.807) is 31.3 Å². The summed E-state index contributed by atoms with van der Waals surface area (Å²) in [6.07, 6.45) is 4.26. The maximum Gasteiger partial charge on any atom is 0.221 e. The van der Waals surface area contributed by atoms with Crippen LogP contribution in [0.3, 0.4) is 0 Å². The van der Waals surface area contributed by atoms with Gasteiger partial charge < -0.3 is 25.3 Å². The maximum absolute atomic E-state index is 15.6. The number of nitrogens with zero attached hydrogens (tertiary/aromatic N) is 2. The van der Waals surface area contributed by atoms with Crippen LogP contribution in [0.15, 0.2) is 65.0 Å². The zero-order valence-electron chi connectivity index (χ0n) is 22.4. The van der Waals surface area contributed by atoms with Crippen LogP contribution in [0.5, 0.6) is 5.75 Å². The van der Waals surface area contributed by atoms with Crippen LogP contribution in [-0.4, -0.2) is 41.8 Å². The van der Waals surface area contributed by atoms with E-state index in [0.29, 0.717) is 29.4 Å². The standard InChI is InChI=1S/C29H33F2N5O2/c1-16-8-7-13-32-29(35-21-11-9-20(10-12-21)34-19(4)37)25(18(3)36(5)6)28(16)38-24-15-23(30)27-22(26(24)31)14-17(2)33-27/h7,9-16,18,33H,8H2,1-6H3,(H,32,35)(H,34,37)/b13-7+,28-25+. The molecule has 2 unspecified atom stereocenters. The van der Waals surface area contributed by atoms with Crippen molar-refractivity contribution in [3.05, 3.63) is 77.3 Å². The van der Waals surface area contributed by atoms with E-state index < -0.39 is 11.6 Å². The predicted molar refractivity (Wildman–Crippen MR) is 148 cm³/mol. The maximum atomic E-state index is 15.6. The molecule has 0 saturated heterocycles. The van der Waals surface area contributed by atoms with Gasteiger partial charge in [-0.2, -0.15) is 0 Å². The average Bonchev–Trinajstić information content (AvgIpc) is 3.26. The van der Waals surface area contributed by atoms with Crippen LogP contribution in [-0.2, 0) is 4.79 Å². The first-order chi connectivity index (χ1) is 18.0. The smallest absolute Gasteiger partial charge is 0.221 e. The molecular weight excluding hydrogens is 488 g/mol. The number of aromatic amines is 1. The van der Waals surface area contributed by atoms with Gasteiger partial charge in [0.2, 0.25) is 5.91 Å². The second-order valence-corrected chi connectivity index (χ2v) is 9.81. The number of halogens is 2. The molecule has 0 saturated carbocycles. The molecule has 1 aromatic heterocycles. The number of hydrogen-bond donors (Lipinski definition) is 3. The van der Waals surface area contributed by atoms with Crippen molar-refractivity contribution < 1.29 is 18.3 Å². The average molecular weight is 522 g/mol. The van der Waals surface area contributed by atoms with Gasteiger partial charge in [0.1, 0.15) is 11.6 Å². The number of nitrogens with one attached hydrogen (secondary N) is 3. The molecule has 0 radical (unpaired) electrons. The Morgan fingerprint density at radius 2 is 1.87 bits per heavy atom. The number of likely N-dealkylation sites (N-methyl/N-ethyl adjacent to an activating group) is 1. The molecule has 3 aromatic rings. The first-order valence-electron chi connectivity index (χ1n) is 12.5. The third-order valence-corrected chi connectivity index (χ3v) is 6.55. The molecule has 38 heavy (non-hydrogen) atoms. The minimum atomic E-state index is -0.625. The first kappa shape index (κ1) is 27.1. The molecule has 0 bridgehead atoms. The lowest BCUT2D eigenvalue weighted by atomic mass is 9.94. The number of aromatic nitrogens is 1. The van der Waals surface area contributed by atoms with E-state index in [1.165, 1.54) is 6.92 Å². The van der Waals surface area contributed by atoms with Crippen molar-refractivity contribution in [1.29, 1.82) is 0 Å². The van der Waals surface area contributed by atoms with Crippen molar-refractivity contribution >= 4 is 34.0 Å². The zero-order valence-corrected chi connectivity index (χ0v) is 22.4. The van der Waals surface area contributed by atoms with Gasteiger partial charge in [0.05, 0.1) is 11.1 Å². The number of carbonyl (C=O) groups excluding carboxylic acids is 1. The van der Waals surface area contributed by atoms with Crippen molar-refractivity contribution in [3.8, 4) is 5.75 Å². The first-order valence-corrected chi connectivity index (χ1v) is 12.5. The van der Waals surface area contributed by atoms with Crippen LogP contribution in [0.4, 0.5) is 20.2 Å². The van der Waals surface area contributed by atoms with E-state index in [4.69, 9.17) is 4.74 Å². The van der Waals surface area contributed by atoms with Gasteiger partial charge >= 0.3 is 0 Å². The number of aliphatic imine (C=N–C) groups is 1. The molecular formula is C29H33F2N5O2. The molecule has 2 atom stereocenters. The number of aryl methyl sites for hydroxylation is 1. The summed E-state index contributed by atoms with van der Waals surface area (Å²) in [6, 6.07) is 9.70. The second-order valence-electron chi connectivity index (χ2n) is 9.81. The Morgan fingerprint density at radius 3 is 2.53 bits per heavy atom. The number of hydrogen-bond acceptors (Lipinski definition) is 5.